The largest absolute Gasteiger partial charge is 0.461 e. The van der Waals surface area contributed by atoms with Gasteiger partial charge in [-0.1, -0.05) is 23.7 Å². The van der Waals surface area contributed by atoms with Gasteiger partial charge >= 0.3 is 6.01 Å². The van der Waals surface area contributed by atoms with Gasteiger partial charge in [-0.25, -0.2) is 8.78 Å². The Bertz CT molecular complexity index is 1750. The molecule has 1 amide bonds. The molecule has 3 atom stereocenters. The van der Waals surface area contributed by atoms with Crippen LogP contribution in [0.15, 0.2) is 18.2 Å². The number of alkyl halides is 1. The summed E-state index contributed by atoms with van der Waals surface area (Å²) in [5.74, 6) is 0.332. The van der Waals surface area contributed by atoms with Gasteiger partial charge in [0.25, 0.3) is 5.91 Å². The summed E-state index contributed by atoms with van der Waals surface area (Å²) in [6.45, 7) is 3.89. The molecule has 2 saturated heterocycles. The molecule has 8 rings (SSSR count). The molecule has 10 nitrogen and oxygen atoms in total. The number of nitrogens with zero attached hydrogens (tertiary/aromatic N) is 8. The fourth-order valence-electron chi connectivity index (χ4n) is 8.91. The van der Waals surface area contributed by atoms with E-state index in [0.29, 0.717) is 57.2 Å². The quantitative estimate of drug-likeness (QED) is 0.398. The van der Waals surface area contributed by atoms with E-state index in [4.69, 9.17) is 26.3 Å². The summed E-state index contributed by atoms with van der Waals surface area (Å²) in [5.41, 5.74) is 3.78. The van der Waals surface area contributed by atoms with E-state index < -0.39 is 11.7 Å². The van der Waals surface area contributed by atoms with Crippen LogP contribution in [-0.4, -0.2) is 99.5 Å². The molecule has 5 aliphatic rings. The van der Waals surface area contributed by atoms with Gasteiger partial charge in [0, 0.05) is 64.2 Å². The van der Waals surface area contributed by atoms with Crippen molar-refractivity contribution in [3.63, 3.8) is 0 Å². The molecule has 0 N–H and O–H groups in total. The van der Waals surface area contributed by atoms with Gasteiger partial charge in [0.15, 0.2) is 5.69 Å². The lowest BCUT2D eigenvalue weighted by Crippen LogP contribution is -2.48. The number of ether oxygens (including phenoxy) is 1. The molecule has 250 valence electrons. The van der Waals surface area contributed by atoms with Gasteiger partial charge in [0.05, 0.1) is 34.0 Å². The zero-order chi connectivity index (χ0) is 32.7. The molecule has 4 aliphatic heterocycles. The zero-order valence-corrected chi connectivity index (χ0v) is 28.0. The third-order valence-corrected chi connectivity index (χ3v) is 11.7. The molecule has 1 aromatic carbocycles. The number of aromatic nitrogens is 4. The summed E-state index contributed by atoms with van der Waals surface area (Å²) in [6.07, 6.45) is 4.40. The van der Waals surface area contributed by atoms with Gasteiger partial charge in [-0.2, -0.15) is 15.1 Å². The van der Waals surface area contributed by atoms with Gasteiger partial charge in [-0.05, 0) is 57.3 Å². The highest BCUT2D eigenvalue weighted by atomic mass is 35.5. The molecule has 47 heavy (non-hydrogen) atoms. The number of hydrogen-bond donors (Lipinski definition) is 0. The SMILES string of the molecule is CN(C)C(=O)c1nn2c(c1Cl)CN(c1nc(OCC34CCCN3C[C@H](F)C4)nc3c1CN(C)[C@@]1(CCc4cccc(F)c41)C3)CCC2. The number of benzene rings is 1. The molecule has 2 aromatic heterocycles. The molecular weight excluding hydrogens is 626 g/mol. The lowest BCUT2D eigenvalue weighted by Gasteiger charge is -2.44. The third kappa shape index (κ3) is 4.92. The third-order valence-electron chi connectivity index (χ3n) is 11.3. The highest BCUT2D eigenvalue weighted by Gasteiger charge is 2.50. The van der Waals surface area contributed by atoms with E-state index in [9.17, 15) is 9.18 Å². The van der Waals surface area contributed by atoms with E-state index in [1.807, 2.05) is 10.7 Å². The Hall–Kier alpha value is -3.35. The number of aryl methyl sites for hydroxylation is 2. The van der Waals surface area contributed by atoms with Crippen LogP contribution >= 0.6 is 11.6 Å². The summed E-state index contributed by atoms with van der Waals surface area (Å²) in [5, 5.41) is 4.95. The van der Waals surface area contributed by atoms with E-state index in [2.05, 4.69) is 26.8 Å². The van der Waals surface area contributed by atoms with Crippen LogP contribution in [0, 0.1) is 5.82 Å². The average Bonchev–Trinajstić information content (AvgIpc) is 3.73. The summed E-state index contributed by atoms with van der Waals surface area (Å²) < 4.78 is 38.4. The maximum atomic E-state index is 15.5. The number of hydrogen-bond acceptors (Lipinski definition) is 8. The maximum absolute atomic E-state index is 15.5. The second-order valence-corrected chi connectivity index (χ2v) is 14.6. The minimum Gasteiger partial charge on any atom is -0.461 e. The second-order valence-electron chi connectivity index (χ2n) is 14.3. The van der Waals surface area contributed by atoms with E-state index >= 15 is 4.39 Å². The molecule has 1 spiro atoms. The van der Waals surface area contributed by atoms with Crippen molar-refractivity contribution in [2.45, 2.75) is 81.8 Å². The van der Waals surface area contributed by atoms with Crippen molar-refractivity contribution in [2.24, 2.45) is 0 Å². The van der Waals surface area contributed by atoms with Crippen LogP contribution < -0.4 is 9.64 Å². The fourth-order valence-corrected chi connectivity index (χ4v) is 9.19. The van der Waals surface area contributed by atoms with Crippen LogP contribution in [0.1, 0.15) is 70.7 Å². The highest BCUT2D eigenvalue weighted by molar-refractivity contribution is 6.34. The Labute approximate surface area is 278 Å². The molecule has 0 saturated carbocycles. The first-order chi connectivity index (χ1) is 22.6. The molecule has 3 aromatic rings. The highest BCUT2D eigenvalue weighted by Crippen LogP contribution is 2.49. The standard InChI is InChI=1S/C34H41ClF2N8O2/c1-41(2)31(46)29-28(35)26-19-43(12-6-14-45(26)40-29)30-23-18-42(3)34(11-9-21-7-4-8-24(37)27(21)34)16-25(23)38-32(39-30)47-20-33-10-5-13-44(33)17-22(36)15-33/h4,7-8,22H,5-6,9-20H2,1-3H3/t22-,33?,34+/m1/s1. The van der Waals surface area contributed by atoms with Gasteiger partial charge in [0.1, 0.15) is 24.4 Å². The van der Waals surface area contributed by atoms with E-state index in [0.717, 1.165) is 72.5 Å². The van der Waals surface area contributed by atoms with Gasteiger partial charge < -0.3 is 14.5 Å². The van der Waals surface area contributed by atoms with E-state index in [-0.39, 0.29) is 29.0 Å². The predicted octanol–water partition coefficient (Wildman–Crippen LogP) is 4.36. The van der Waals surface area contributed by atoms with Crippen molar-refractivity contribution in [1.82, 2.24) is 34.4 Å². The minimum atomic E-state index is -0.859. The predicted molar refractivity (Wildman–Crippen MR) is 173 cm³/mol. The average molecular weight is 667 g/mol. The van der Waals surface area contributed by atoms with E-state index in [1.165, 1.54) is 4.90 Å². The van der Waals surface area contributed by atoms with Crippen LogP contribution in [0.3, 0.4) is 0 Å². The Balaban J connectivity index is 1.19. The van der Waals surface area contributed by atoms with Crippen LogP contribution in [0.2, 0.25) is 5.02 Å². The van der Waals surface area contributed by atoms with Crippen LogP contribution in [-0.2, 0) is 38.0 Å². The molecule has 0 radical (unpaired) electrons. The minimum absolute atomic E-state index is 0.179. The van der Waals surface area contributed by atoms with Gasteiger partial charge in [0.2, 0.25) is 0 Å². The Morgan fingerprint density at radius 3 is 2.83 bits per heavy atom. The molecule has 13 heteroatoms. The number of halogens is 3. The number of carbonyl (C=O) groups excluding carboxylic acids is 1. The molecule has 1 unspecified atom stereocenters. The normalized spacial score (nSPS) is 27.0. The van der Waals surface area contributed by atoms with Crippen molar-refractivity contribution in [1.29, 1.82) is 0 Å². The van der Waals surface area contributed by atoms with Crippen molar-refractivity contribution in [2.75, 3.05) is 52.3 Å². The summed E-state index contributed by atoms with van der Waals surface area (Å²) >= 11 is 6.84. The first-order valence-corrected chi connectivity index (χ1v) is 17.1. The van der Waals surface area contributed by atoms with Gasteiger partial charge in [-0.3, -0.25) is 19.3 Å². The number of likely N-dealkylation sites (N-methyl/N-ethyl adjacent to an activating group) is 1. The number of amides is 1. The van der Waals surface area contributed by atoms with Crippen LogP contribution in [0.5, 0.6) is 6.01 Å². The van der Waals surface area contributed by atoms with Crippen molar-refractivity contribution < 1.29 is 18.3 Å². The van der Waals surface area contributed by atoms with Crippen molar-refractivity contribution in [3.8, 4) is 6.01 Å². The van der Waals surface area contributed by atoms with Crippen LogP contribution in [0.4, 0.5) is 14.6 Å². The molecule has 0 bridgehead atoms. The lowest BCUT2D eigenvalue weighted by atomic mass is 9.80. The smallest absolute Gasteiger partial charge is 0.318 e. The number of carbonyl (C=O) groups is 1. The Morgan fingerprint density at radius 1 is 1.15 bits per heavy atom. The molecule has 1 aliphatic carbocycles. The first kappa shape index (κ1) is 31.0. The molecule has 2 fully saturated rings. The molecule has 6 heterocycles. The number of anilines is 1. The first-order valence-electron chi connectivity index (χ1n) is 16.7. The van der Waals surface area contributed by atoms with Crippen molar-refractivity contribution >= 4 is 23.3 Å². The molecular formula is C34H41ClF2N8O2. The fraction of sp³-hybridized carbons (Fsp3) is 0.588. The van der Waals surface area contributed by atoms with E-state index in [1.54, 1.807) is 26.2 Å². The summed E-state index contributed by atoms with van der Waals surface area (Å²) in [7, 11) is 5.44. The summed E-state index contributed by atoms with van der Waals surface area (Å²) in [6, 6.07) is 5.64. The lowest BCUT2D eigenvalue weighted by molar-refractivity contribution is 0.0821. The Morgan fingerprint density at radius 2 is 2.00 bits per heavy atom. The number of fused-ring (bicyclic) bond motifs is 5. The van der Waals surface area contributed by atoms with Gasteiger partial charge in [-0.15, -0.1) is 0 Å². The number of rotatable bonds is 5. The maximum Gasteiger partial charge on any atom is 0.318 e. The summed E-state index contributed by atoms with van der Waals surface area (Å²) in [4.78, 5) is 31.1. The zero-order valence-electron chi connectivity index (χ0n) is 27.2. The van der Waals surface area contributed by atoms with Crippen LogP contribution in [0.25, 0.3) is 0 Å². The monoisotopic (exact) mass is 666 g/mol. The Kier molecular flexibility index (Phi) is 7.49. The topological polar surface area (TPSA) is 82.9 Å². The van der Waals surface area contributed by atoms with Crippen molar-refractivity contribution in [3.05, 3.63) is 62.8 Å². The second kappa shape index (κ2) is 11.4.